The summed E-state index contributed by atoms with van der Waals surface area (Å²) in [5.74, 6) is 0.0881. The van der Waals surface area contributed by atoms with Gasteiger partial charge >= 0.3 is 0 Å². The summed E-state index contributed by atoms with van der Waals surface area (Å²) in [4.78, 5) is 11.6. The van der Waals surface area contributed by atoms with Gasteiger partial charge in [-0.1, -0.05) is 12.1 Å². The van der Waals surface area contributed by atoms with E-state index < -0.39 is 0 Å². The maximum atomic E-state index is 11.6. The molecule has 1 heterocycles. The Labute approximate surface area is 121 Å². The lowest BCUT2D eigenvalue weighted by molar-refractivity contribution is -0.121. The van der Waals surface area contributed by atoms with Crippen molar-refractivity contribution in [1.82, 2.24) is 25.6 Å². The Morgan fingerprint density at radius 3 is 2.70 bits per heavy atom. The first-order chi connectivity index (χ1) is 9.32. The number of carbonyl (C=O) groups excluding carboxylic acids is 1. The Morgan fingerprint density at radius 2 is 2.15 bits per heavy atom. The van der Waals surface area contributed by atoms with Gasteiger partial charge in [0.1, 0.15) is 0 Å². The van der Waals surface area contributed by atoms with Crippen molar-refractivity contribution in [1.29, 1.82) is 0 Å². The van der Waals surface area contributed by atoms with Crippen LogP contribution in [0, 0.1) is 0 Å². The highest BCUT2D eigenvalue weighted by Crippen LogP contribution is 2.11. The molecule has 0 saturated carbocycles. The number of amides is 1. The van der Waals surface area contributed by atoms with Gasteiger partial charge in [-0.3, -0.25) is 4.79 Å². The van der Waals surface area contributed by atoms with Crippen LogP contribution in [0.15, 0.2) is 6.20 Å². The Morgan fingerprint density at radius 1 is 1.45 bits per heavy atom. The van der Waals surface area contributed by atoms with Crippen molar-refractivity contribution in [3.63, 3.8) is 0 Å². The zero-order valence-corrected chi connectivity index (χ0v) is 13.2. The average Bonchev–Trinajstić information content (AvgIpc) is 2.83. The summed E-state index contributed by atoms with van der Waals surface area (Å²) in [6, 6.07) is 0.245. The Hall–Kier alpha value is -1.43. The summed E-state index contributed by atoms with van der Waals surface area (Å²) in [5, 5.41) is 14.4. The lowest BCUT2D eigenvalue weighted by atomic mass is 10.1. The molecule has 6 nitrogen and oxygen atoms in total. The summed E-state index contributed by atoms with van der Waals surface area (Å²) >= 11 is 0. The monoisotopic (exact) mass is 281 g/mol. The molecule has 1 aromatic rings. The van der Waals surface area contributed by atoms with Gasteiger partial charge in [0.2, 0.25) is 5.91 Å². The minimum absolute atomic E-state index is 0.0541. The molecule has 0 spiro atoms. The van der Waals surface area contributed by atoms with E-state index in [0.717, 1.165) is 12.1 Å². The molecular weight excluding hydrogens is 254 g/mol. The van der Waals surface area contributed by atoms with Gasteiger partial charge in [0, 0.05) is 25.6 Å². The van der Waals surface area contributed by atoms with E-state index in [4.69, 9.17) is 0 Å². The summed E-state index contributed by atoms with van der Waals surface area (Å²) in [7, 11) is 0. The third-order valence-electron chi connectivity index (χ3n) is 3.08. The van der Waals surface area contributed by atoms with Crippen molar-refractivity contribution in [2.75, 3.05) is 6.54 Å². The molecule has 0 saturated heterocycles. The standard InChI is InChI=1S/C14H27N5O/c1-6-11(2)16-13(20)7-8-15-9-12-10-19(18-17-12)14(3,4)5/h10-11,15H,6-9H2,1-5H3,(H,16,20). The van der Waals surface area contributed by atoms with Crippen molar-refractivity contribution in [3.8, 4) is 0 Å². The van der Waals surface area contributed by atoms with Crippen LogP contribution in [-0.2, 0) is 16.9 Å². The predicted molar refractivity (Wildman–Crippen MR) is 79.2 cm³/mol. The van der Waals surface area contributed by atoms with Gasteiger partial charge in [0.05, 0.1) is 17.4 Å². The maximum absolute atomic E-state index is 11.6. The van der Waals surface area contributed by atoms with E-state index in [1.165, 1.54) is 0 Å². The second-order valence-corrected chi connectivity index (χ2v) is 6.13. The van der Waals surface area contributed by atoms with Crippen LogP contribution in [0.4, 0.5) is 0 Å². The van der Waals surface area contributed by atoms with Gasteiger partial charge in [-0.25, -0.2) is 4.68 Å². The molecule has 0 fully saturated rings. The van der Waals surface area contributed by atoms with E-state index in [9.17, 15) is 4.79 Å². The third-order valence-corrected chi connectivity index (χ3v) is 3.08. The summed E-state index contributed by atoms with van der Waals surface area (Å²) < 4.78 is 1.85. The number of nitrogens with one attached hydrogen (secondary N) is 2. The SMILES string of the molecule is CCC(C)NC(=O)CCNCc1cn(C(C)(C)C)nn1. The van der Waals surface area contributed by atoms with Crippen LogP contribution in [0.1, 0.15) is 53.2 Å². The van der Waals surface area contributed by atoms with E-state index >= 15 is 0 Å². The highest BCUT2D eigenvalue weighted by molar-refractivity contribution is 5.76. The zero-order chi connectivity index (χ0) is 15.2. The van der Waals surface area contributed by atoms with Crippen molar-refractivity contribution in [2.45, 2.75) is 65.6 Å². The van der Waals surface area contributed by atoms with Gasteiger partial charge in [-0.15, -0.1) is 5.10 Å². The van der Waals surface area contributed by atoms with Crippen molar-refractivity contribution >= 4 is 5.91 Å². The molecule has 0 aliphatic rings. The normalized spacial score (nSPS) is 13.2. The van der Waals surface area contributed by atoms with Gasteiger partial charge in [-0.05, 0) is 34.1 Å². The lowest BCUT2D eigenvalue weighted by Gasteiger charge is -2.17. The zero-order valence-electron chi connectivity index (χ0n) is 13.2. The molecular formula is C14H27N5O. The van der Waals surface area contributed by atoms with Crippen LogP contribution in [0.25, 0.3) is 0 Å². The van der Waals surface area contributed by atoms with Gasteiger partial charge in [-0.2, -0.15) is 0 Å². The molecule has 2 N–H and O–H groups in total. The van der Waals surface area contributed by atoms with Gasteiger partial charge in [0.15, 0.2) is 0 Å². The van der Waals surface area contributed by atoms with Gasteiger partial charge in [0.25, 0.3) is 0 Å². The van der Waals surface area contributed by atoms with Crippen LogP contribution < -0.4 is 10.6 Å². The van der Waals surface area contributed by atoms with E-state index in [-0.39, 0.29) is 17.5 Å². The molecule has 0 aliphatic heterocycles. The highest BCUT2D eigenvalue weighted by atomic mass is 16.1. The molecule has 114 valence electrons. The average molecular weight is 281 g/mol. The number of rotatable bonds is 7. The molecule has 0 radical (unpaired) electrons. The smallest absolute Gasteiger partial charge is 0.221 e. The molecule has 1 atom stereocenters. The molecule has 0 aliphatic carbocycles. The fraction of sp³-hybridized carbons (Fsp3) is 0.786. The van der Waals surface area contributed by atoms with Crippen LogP contribution in [0.3, 0.4) is 0 Å². The van der Waals surface area contributed by atoms with Crippen LogP contribution in [-0.4, -0.2) is 33.5 Å². The van der Waals surface area contributed by atoms with Crippen LogP contribution in [0.5, 0.6) is 0 Å². The molecule has 20 heavy (non-hydrogen) atoms. The maximum Gasteiger partial charge on any atom is 0.221 e. The Bertz CT molecular complexity index is 421. The largest absolute Gasteiger partial charge is 0.354 e. The lowest BCUT2D eigenvalue weighted by Crippen LogP contribution is -2.33. The summed E-state index contributed by atoms with van der Waals surface area (Å²) in [6.07, 6.45) is 3.37. The van der Waals surface area contributed by atoms with Crippen molar-refractivity contribution in [3.05, 3.63) is 11.9 Å². The van der Waals surface area contributed by atoms with E-state index in [1.807, 2.05) is 17.8 Å². The number of carbonyl (C=O) groups is 1. The number of hydrogen-bond acceptors (Lipinski definition) is 4. The highest BCUT2D eigenvalue weighted by Gasteiger charge is 2.14. The fourth-order valence-electron chi connectivity index (χ4n) is 1.57. The van der Waals surface area contributed by atoms with E-state index in [0.29, 0.717) is 19.5 Å². The topological polar surface area (TPSA) is 71.8 Å². The summed E-state index contributed by atoms with van der Waals surface area (Å²) in [6.45, 7) is 11.6. The Balaban J connectivity index is 2.25. The van der Waals surface area contributed by atoms with Gasteiger partial charge < -0.3 is 10.6 Å². The minimum Gasteiger partial charge on any atom is -0.354 e. The number of hydrogen-bond donors (Lipinski definition) is 2. The molecule has 1 amide bonds. The first-order valence-corrected chi connectivity index (χ1v) is 7.24. The third kappa shape index (κ3) is 5.69. The van der Waals surface area contributed by atoms with E-state index in [1.54, 1.807) is 0 Å². The predicted octanol–water partition coefficient (Wildman–Crippen LogP) is 1.43. The minimum atomic E-state index is -0.0541. The summed E-state index contributed by atoms with van der Waals surface area (Å²) in [5.41, 5.74) is 0.837. The first kappa shape index (κ1) is 16.6. The second-order valence-electron chi connectivity index (χ2n) is 6.13. The van der Waals surface area contributed by atoms with Crippen LogP contribution >= 0.6 is 0 Å². The fourth-order valence-corrected chi connectivity index (χ4v) is 1.57. The van der Waals surface area contributed by atoms with Crippen LogP contribution in [0.2, 0.25) is 0 Å². The molecule has 6 heteroatoms. The Kier molecular flexibility index (Phi) is 6.13. The molecule has 0 aromatic carbocycles. The first-order valence-electron chi connectivity index (χ1n) is 7.24. The van der Waals surface area contributed by atoms with Crippen molar-refractivity contribution < 1.29 is 4.79 Å². The molecule has 1 aromatic heterocycles. The second kappa shape index (κ2) is 7.38. The quantitative estimate of drug-likeness (QED) is 0.742. The molecule has 0 bridgehead atoms. The van der Waals surface area contributed by atoms with E-state index in [2.05, 4.69) is 48.6 Å². The van der Waals surface area contributed by atoms with Crippen molar-refractivity contribution in [2.24, 2.45) is 0 Å². The molecule has 1 rings (SSSR count). The number of nitrogens with zero attached hydrogens (tertiary/aromatic N) is 3. The molecule has 1 unspecified atom stereocenters. The number of aromatic nitrogens is 3.